The van der Waals surface area contributed by atoms with Gasteiger partial charge in [0.25, 0.3) is 0 Å². The lowest BCUT2D eigenvalue weighted by Gasteiger charge is -2.11. The number of nitrogens with zero attached hydrogens (tertiary/aromatic N) is 5. The molecule has 0 amide bonds. The number of esters is 1. The van der Waals surface area contributed by atoms with E-state index >= 15 is 0 Å². The van der Waals surface area contributed by atoms with Crippen molar-refractivity contribution in [1.29, 1.82) is 5.26 Å². The van der Waals surface area contributed by atoms with Gasteiger partial charge < -0.3 is 10.5 Å². The van der Waals surface area contributed by atoms with Crippen molar-refractivity contribution in [2.75, 3.05) is 12.8 Å². The summed E-state index contributed by atoms with van der Waals surface area (Å²) in [4.78, 5) is 25.8. The van der Waals surface area contributed by atoms with Crippen LogP contribution in [0.5, 0.6) is 0 Å². The second-order valence-electron chi connectivity index (χ2n) is 7.44. The van der Waals surface area contributed by atoms with E-state index in [0.29, 0.717) is 45.2 Å². The Labute approximate surface area is 194 Å². The zero-order chi connectivity index (χ0) is 23.7. The van der Waals surface area contributed by atoms with E-state index in [1.54, 1.807) is 42.6 Å². The van der Waals surface area contributed by atoms with E-state index < -0.39 is 5.97 Å². The molecule has 0 atom stereocenters. The van der Waals surface area contributed by atoms with Gasteiger partial charge in [0.15, 0.2) is 11.5 Å². The topological polar surface area (TPSA) is 120 Å². The summed E-state index contributed by atoms with van der Waals surface area (Å²) in [5, 5.41) is 9.55. The normalized spacial score (nSPS) is 10.7. The fourth-order valence-electron chi connectivity index (χ4n) is 3.81. The van der Waals surface area contributed by atoms with Crippen molar-refractivity contribution in [2.24, 2.45) is 0 Å². The third kappa shape index (κ3) is 3.51. The average molecular weight is 446 g/mol. The minimum Gasteiger partial charge on any atom is -0.465 e. The molecule has 0 saturated carbocycles. The highest BCUT2D eigenvalue weighted by Crippen LogP contribution is 2.32. The largest absolute Gasteiger partial charge is 0.465 e. The summed E-state index contributed by atoms with van der Waals surface area (Å²) in [6, 6.07) is 23.8. The van der Waals surface area contributed by atoms with Crippen LogP contribution in [0.15, 0.2) is 79.0 Å². The van der Waals surface area contributed by atoms with E-state index in [-0.39, 0.29) is 0 Å². The molecule has 5 aromatic rings. The lowest BCUT2D eigenvalue weighted by molar-refractivity contribution is 0.0600. The molecule has 0 spiro atoms. The summed E-state index contributed by atoms with van der Waals surface area (Å²) in [5.74, 6) is 0.470. The molecule has 0 aliphatic heterocycles. The molecule has 164 valence electrons. The van der Waals surface area contributed by atoms with Crippen molar-refractivity contribution in [3.05, 3.63) is 90.1 Å². The summed E-state index contributed by atoms with van der Waals surface area (Å²) in [7, 11) is 1.34. The number of hydrogen-bond acceptors (Lipinski definition) is 7. The monoisotopic (exact) mass is 446 g/mol. The molecule has 5 rings (SSSR count). The first-order chi connectivity index (χ1) is 16.6. The number of ether oxygens (including phenoxy) is 1. The summed E-state index contributed by atoms with van der Waals surface area (Å²) in [6.45, 7) is 0. The maximum absolute atomic E-state index is 11.9. The number of hydrogen-bond donors (Lipinski definition) is 1. The van der Waals surface area contributed by atoms with Gasteiger partial charge in [-0.1, -0.05) is 18.2 Å². The van der Waals surface area contributed by atoms with Gasteiger partial charge in [-0.25, -0.2) is 19.7 Å². The van der Waals surface area contributed by atoms with Crippen LogP contribution < -0.4 is 5.73 Å². The second kappa shape index (κ2) is 8.48. The van der Waals surface area contributed by atoms with Gasteiger partial charge in [0.1, 0.15) is 11.3 Å². The predicted octanol–water partition coefficient (Wildman–Crippen LogP) is 4.39. The van der Waals surface area contributed by atoms with Gasteiger partial charge in [-0.2, -0.15) is 5.26 Å². The predicted molar refractivity (Wildman–Crippen MR) is 128 cm³/mol. The Hall–Kier alpha value is -5.03. The van der Waals surface area contributed by atoms with Gasteiger partial charge in [0, 0.05) is 17.4 Å². The number of nitriles is 1. The Morgan fingerprint density at radius 3 is 2.47 bits per heavy atom. The number of nitrogen functional groups attached to an aromatic ring is 1. The number of nitrogens with two attached hydrogens (primary N) is 1. The van der Waals surface area contributed by atoms with E-state index in [1.165, 1.54) is 7.11 Å². The van der Waals surface area contributed by atoms with Crippen LogP contribution in [0.2, 0.25) is 0 Å². The highest BCUT2D eigenvalue weighted by Gasteiger charge is 2.19. The lowest BCUT2D eigenvalue weighted by Crippen LogP contribution is -2.04. The molecule has 8 heteroatoms. The molecule has 8 nitrogen and oxygen atoms in total. The lowest BCUT2D eigenvalue weighted by atomic mass is 10.1. The maximum Gasteiger partial charge on any atom is 0.337 e. The molecule has 3 aromatic heterocycles. The second-order valence-corrected chi connectivity index (χ2v) is 7.44. The van der Waals surface area contributed by atoms with Crippen molar-refractivity contribution < 1.29 is 9.53 Å². The molecular formula is C26H18N6O2. The number of methoxy groups -OCH3 is 1. The Bertz CT molecular complexity index is 1580. The molecule has 34 heavy (non-hydrogen) atoms. The number of aromatic nitrogens is 4. The van der Waals surface area contributed by atoms with Crippen molar-refractivity contribution in [2.45, 2.75) is 0 Å². The molecule has 0 fully saturated rings. The van der Waals surface area contributed by atoms with Gasteiger partial charge in [0.05, 0.1) is 35.6 Å². The third-order valence-electron chi connectivity index (χ3n) is 5.45. The Kier molecular flexibility index (Phi) is 5.20. The SMILES string of the molecule is COC(=O)c1ccc(-n2c(-c3cccnc3N)nc3ccc(-c4ccccc4C#N)nc32)cc1. The van der Waals surface area contributed by atoms with E-state index in [2.05, 4.69) is 11.1 Å². The smallest absolute Gasteiger partial charge is 0.337 e. The summed E-state index contributed by atoms with van der Waals surface area (Å²) >= 11 is 0. The zero-order valence-corrected chi connectivity index (χ0v) is 18.1. The van der Waals surface area contributed by atoms with Crippen LogP contribution in [0.4, 0.5) is 5.82 Å². The molecule has 2 N–H and O–H groups in total. The van der Waals surface area contributed by atoms with E-state index in [1.807, 2.05) is 41.0 Å². The molecule has 0 radical (unpaired) electrons. The fourth-order valence-corrected chi connectivity index (χ4v) is 3.81. The average Bonchev–Trinajstić information content (AvgIpc) is 3.27. The Morgan fingerprint density at radius 2 is 1.74 bits per heavy atom. The minimum atomic E-state index is -0.424. The number of pyridine rings is 2. The summed E-state index contributed by atoms with van der Waals surface area (Å²) < 4.78 is 6.67. The van der Waals surface area contributed by atoms with Gasteiger partial charge in [-0.05, 0) is 54.6 Å². The van der Waals surface area contributed by atoms with Crippen LogP contribution in [-0.4, -0.2) is 32.6 Å². The first-order valence-electron chi connectivity index (χ1n) is 10.4. The number of anilines is 1. The molecule has 0 saturated heterocycles. The van der Waals surface area contributed by atoms with Gasteiger partial charge >= 0.3 is 5.97 Å². The number of carbonyl (C=O) groups is 1. The van der Waals surface area contributed by atoms with E-state index in [9.17, 15) is 10.1 Å². The number of benzene rings is 2. The molecule has 0 unspecified atom stereocenters. The van der Waals surface area contributed by atoms with Crippen molar-refractivity contribution in [3.63, 3.8) is 0 Å². The van der Waals surface area contributed by atoms with Crippen LogP contribution in [0.3, 0.4) is 0 Å². The molecule has 0 bridgehead atoms. The molecule has 0 aliphatic carbocycles. The summed E-state index contributed by atoms with van der Waals surface area (Å²) in [5.41, 5.74) is 11.1. The fraction of sp³-hybridized carbons (Fsp3) is 0.0385. The van der Waals surface area contributed by atoms with Crippen LogP contribution in [0, 0.1) is 11.3 Å². The van der Waals surface area contributed by atoms with Crippen LogP contribution in [0.25, 0.3) is 39.5 Å². The minimum absolute atomic E-state index is 0.334. The zero-order valence-electron chi connectivity index (χ0n) is 18.1. The first kappa shape index (κ1) is 20.8. The Morgan fingerprint density at radius 1 is 0.971 bits per heavy atom. The Balaban J connectivity index is 1.78. The number of carbonyl (C=O) groups excluding carboxylic acids is 1. The van der Waals surface area contributed by atoms with Gasteiger partial charge in [-0.15, -0.1) is 0 Å². The van der Waals surface area contributed by atoms with Crippen LogP contribution in [0.1, 0.15) is 15.9 Å². The van der Waals surface area contributed by atoms with Crippen LogP contribution in [-0.2, 0) is 4.74 Å². The van der Waals surface area contributed by atoms with Gasteiger partial charge in [0.2, 0.25) is 0 Å². The molecule has 3 heterocycles. The van der Waals surface area contributed by atoms with E-state index in [4.69, 9.17) is 20.4 Å². The quantitative estimate of drug-likeness (QED) is 0.407. The molecule has 2 aromatic carbocycles. The maximum atomic E-state index is 11.9. The highest BCUT2D eigenvalue weighted by atomic mass is 16.5. The number of rotatable bonds is 4. The standard InChI is InChI=1S/C26H18N6O2/c1-34-26(33)16-8-10-18(11-9-16)32-24(20-7-4-14-29-23(20)28)31-22-13-12-21(30-25(22)32)19-6-3-2-5-17(19)15-27/h2-14H,1H3,(H2,28,29). The molecule has 0 aliphatic rings. The van der Waals surface area contributed by atoms with Crippen LogP contribution >= 0.6 is 0 Å². The van der Waals surface area contributed by atoms with Gasteiger partial charge in [-0.3, -0.25) is 4.57 Å². The third-order valence-corrected chi connectivity index (χ3v) is 5.45. The highest BCUT2D eigenvalue weighted by molar-refractivity contribution is 5.90. The number of fused-ring (bicyclic) bond motifs is 1. The summed E-state index contributed by atoms with van der Waals surface area (Å²) in [6.07, 6.45) is 1.62. The number of imidazole rings is 1. The van der Waals surface area contributed by atoms with Crippen molar-refractivity contribution in [3.8, 4) is 34.4 Å². The van der Waals surface area contributed by atoms with Crippen molar-refractivity contribution in [1.82, 2.24) is 19.5 Å². The van der Waals surface area contributed by atoms with E-state index in [0.717, 1.165) is 11.3 Å². The van der Waals surface area contributed by atoms with Crippen molar-refractivity contribution >= 4 is 23.0 Å². The molecular weight excluding hydrogens is 428 g/mol. The first-order valence-corrected chi connectivity index (χ1v) is 10.4.